The Morgan fingerprint density at radius 1 is 0.800 bits per heavy atom. The van der Waals surface area contributed by atoms with Gasteiger partial charge in [-0.25, -0.2) is 4.98 Å². The van der Waals surface area contributed by atoms with Crippen molar-refractivity contribution in [3.8, 4) is 0 Å². The van der Waals surface area contributed by atoms with Crippen molar-refractivity contribution in [1.29, 1.82) is 0 Å². The van der Waals surface area contributed by atoms with E-state index < -0.39 is 0 Å². The number of oxazole rings is 1. The SMILES string of the molecule is c1ccc2ccccc2c1.c1cocn1. The molecule has 0 saturated carbocycles. The van der Waals surface area contributed by atoms with Crippen LogP contribution in [0, 0.1) is 0 Å². The van der Waals surface area contributed by atoms with E-state index in [1.165, 1.54) is 23.4 Å². The molecule has 1 heterocycles. The second-order valence-corrected chi connectivity index (χ2v) is 3.02. The van der Waals surface area contributed by atoms with Crippen LogP contribution in [0.4, 0.5) is 0 Å². The zero-order valence-corrected chi connectivity index (χ0v) is 8.21. The average Bonchev–Trinajstić information content (AvgIpc) is 2.88. The molecule has 0 amide bonds. The van der Waals surface area contributed by atoms with Crippen LogP contribution in [-0.2, 0) is 0 Å². The van der Waals surface area contributed by atoms with Crippen LogP contribution in [0.25, 0.3) is 10.8 Å². The standard InChI is InChI=1S/C10H8.C3H3NO/c1-2-6-10-8-4-3-7-9(10)5-1;1-2-5-3-4-1/h1-8H;1-3H. The van der Waals surface area contributed by atoms with E-state index in [9.17, 15) is 0 Å². The van der Waals surface area contributed by atoms with Crippen LogP contribution in [0.15, 0.2) is 71.8 Å². The first-order valence-corrected chi connectivity index (χ1v) is 4.73. The summed E-state index contributed by atoms with van der Waals surface area (Å²) in [6, 6.07) is 16.7. The molecule has 2 heteroatoms. The fourth-order valence-corrected chi connectivity index (χ4v) is 1.31. The van der Waals surface area contributed by atoms with Gasteiger partial charge in [0, 0.05) is 0 Å². The van der Waals surface area contributed by atoms with Crippen LogP contribution >= 0.6 is 0 Å². The van der Waals surface area contributed by atoms with Crippen molar-refractivity contribution in [2.75, 3.05) is 0 Å². The molecule has 15 heavy (non-hydrogen) atoms. The molecule has 2 aromatic carbocycles. The summed E-state index contributed by atoms with van der Waals surface area (Å²) in [4.78, 5) is 3.56. The summed E-state index contributed by atoms with van der Waals surface area (Å²) in [7, 11) is 0. The van der Waals surface area contributed by atoms with Crippen LogP contribution in [0.2, 0.25) is 0 Å². The predicted molar refractivity (Wildman–Crippen MR) is 60.5 cm³/mol. The summed E-state index contributed by atoms with van der Waals surface area (Å²) in [6.07, 6.45) is 4.47. The molecule has 3 rings (SSSR count). The molecule has 0 spiro atoms. The molecule has 0 aliphatic heterocycles. The number of hydrogen-bond donors (Lipinski definition) is 0. The van der Waals surface area contributed by atoms with Crippen molar-refractivity contribution >= 4 is 10.8 Å². The number of hydrogen-bond acceptors (Lipinski definition) is 2. The second-order valence-electron chi connectivity index (χ2n) is 3.02. The molecular formula is C13H11NO. The summed E-state index contributed by atoms with van der Waals surface area (Å²) in [5, 5.41) is 2.62. The third kappa shape index (κ3) is 2.68. The van der Waals surface area contributed by atoms with E-state index in [1.54, 1.807) is 6.20 Å². The predicted octanol–water partition coefficient (Wildman–Crippen LogP) is 3.51. The van der Waals surface area contributed by atoms with Gasteiger partial charge >= 0.3 is 0 Å². The molecule has 0 saturated heterocycles. The maximum atomic E-state index is 4.47. The zero-order chi connectivity index (χ0) is 10.3. The minimum absolute atomic E-state index is 1.31. The highest BCUT2D eigenvalue weighted by atomic mass is 16.3. The van der Waals surface area contributed by atoms with Gasteiger partial charge in [0.15, 0.2) is 6.39 Å². The van der Waals surface area contributed by atoms with E-state index in [0.717, 1.165) is 0 Å². The molecule has 0 fully saturated rings. The number of rotatable bonds is 0. The van der Waals surface area contributed by atoms with Crippen LogP contribution < -0.4 is 0 Å². The molecular weight excluding hydrogens is 186 g/mol. The molecule has 0 atom stereocenters. The van der Waals surface area contributed by atoms with Gasteiger partial charge in [0.25, 0.3) is 0 Å². The molecule has 0 unspecified atom stereocenters. The van der Waals surface area contributed by atoms with Gasteiger partial charge < -0.3 is 4.42 Å². The number of nitrogens with zero attached hydrogens (tertiary/aromatic N) is 1. The zero-order valence-electron chi connectivity index (χ0n) is 8.21. The van der Waals surface area contributed by atoms with Gasteiger partial charge in [-0.1, -0.05) is 48.5 Å². The Hall–Kier alpha value is -2.09. The summed E-state index contributed by atoms with van der Waals surface area (Å²) in [5.74, 6) is 0. The van der Waals surface area contributed by atoms with E-state index in [-0.39, 0.29) is 0 Å². The lowest BCUT2D eigenvalue weighted by atomic mass is 10.1. The Kier molecular flexibility index (Phi) is 3.13. The lowest BCUT2D eigenvalue weighted by Gasteiger charge is -1.92. The van der Waals surface area contributed by atoms with Crippen molar-refractivity contribution in [1.82, 2.24) is 4.98 Å². The first-order valence-electron chi connectivity index (χ1n) is 4.73. The third-order valence-electron chi connectivity index (χ3n) is 2.01. The van der Waals surface area contributed by atoms with Gasteiger partial charge in [-0.05, 0) is 10.8 Å². The Labute approximate surface area is 88.2 Å². The lowest BCUT2D eigenvalue weighted by molar-refractivity contribution is 0.558. The van der Waals surface area contributed by atoms with Crippen molar-refractivity contribution in [3.63, 3.8) is 0 Å². The minimum atomic E-state index is 1.31. The van der Waals surface area contributed by atoms with E-state index in [1.807, 2.05) is 0 Å². The van der Waals surface area contributed by atoms with Crippen LogP contribution in [0.1, 0.15) is 0 Å². The second kappa shape index (κ2) is 4.96. The van der Waals surface area contributed by atoms with Crippen molar-refractivity contribution in [3.05, 3.63) is 67.4 Å². The Morgan fingerprint density at radius 3 is 1.60 bits per heavy atom. The van der Waals surface area contributed by atoms with Gasteiger partial charge in [-0.15, -0.1) is 0 Å². The topological polar surface area (TPSA) is 26.0 Å². The largest absolute Gasteiger partial charge is 0.452 e. The van der Waals surface area contributed by atoms with E-state index in [0.29, 0.717) is 0 Å². The maximum Gasteiger partial charge on any atom is 0.180 e. The average molecular weight is 197 g/mol. The fourth-order valence-electron chi connectivity index (χ4n) is 1.31. The molecule has 0 aliphatic carbocycles. The minimum Gasteiger partial charge on any atom is -0.452 e. The van der Waals surface area contributed by atoms with E-state index >= 15 is 0 Å². The third-order valence-corrected chi connectivity index (χ3v) is 2.01. The van der Waals surface area contributed by atoms with Gasteiger partial charge in [0.1, 0.15) is 6.26 Å². The van der Waals surface area contributed by atoms with Crippen LogP contribution in [0.5, 0.6) is 0 Å². The molecule has 0 N–H and O–H groups in total. The molecule has 2 nitrogen and oxygen atoms in total. The van der Waals surface area contributed by atoms with Crippen molar-refractivity contribution in [2.24, 2.45) is 0 Å². The van der Waals surface area contributed by atoms with Gasteiger partial charge in [-0.2, -0.15) is 0 Å². The fraction of sp³-hybridized carbons (Fsp3) is 0. The lowest BCUT2D eigenvalue weighted by Crippen LogP contribution is -1.67. The summed E-state index contributed by atoms with van der Waals surface area (Å²) < 4.78 is 4.47. The molecule has 1 aromatic heterocycles. The smallest absolute Gasteiger partial charge is 0.180 e. The highest BCUT2D eigenvalue weighted by Crippen LogP contribution is 2.11. The first-order chi connectivity index (χ1) is 7.47. The summed E-state index contributed by atoms with van der Waals surface area (Å²) >= 11 is 0. The normalized spacial score (nSPS) is 9.33. The van der Waals surface area contributed by atoms with Crippen LogP contribution in [0.3, 0.4) is 0 Å². The maximum absolute atomic E-state index is 4.47. The molecule has 0 aliphatic rings. The number of aromatic nitrogens is 1. The quantitative estimate of drug-likeness (QED) is 0.551. The Bertz CT molecular complexity index is 420. The van der Waals surface area contributed by atoms with Crippen molar-refractivity contribution < 1.29 is 4.42 Å². The highest BCUT2D eigenvalue weighted by Gasteiger charge is 1.85. The molecule has 74 valence electrons. The molecule has 3 aromatic rings. The summed E-state index contributed by atoms with van der Waals surface area (Å²) in [5.41, 5.74) is 0. The highest BCUT2D eigenvalue weighted by molar-refractivity contribution is 5.81. The summed E-state index contributed by atoms with van der Waals surface area (Å²) in [6.45, 7) is 0. The van der Waals surface area contributed by atoms with E-state index in [2.05, 4.69) is 57.9 Å². The molecule has 0 radical (unpaired) electrons. The van der Waals surface area contributed by atoms with Crippen molar-refractivity contribution in [2.45, 2.75) is 0 Å². The first kappa shape index (κ1) is 9.46. The number of fused-ring (bicyclic) bond motifs is 1. The Balaban J connectivity index is 0.000000144. The van der Waals surface area contributed by atoms with Crippen LogP contribution in [-0.4, -0.2) is 4.98 Å². The number of benzene rings is 2. The monoisotopic (exact) mass is 197 g/mol. The molecule has 0 bridgehead atoms. The Morgan fingerprint density at radius 2 is 1.33 bits per heavy atom. The van der Waals surface area contributed by atoms with Gasteiger partial charge in [-0.3, -0.25) is 0 Å². The van der Waals surface area contributed by atoms with E-state index in [4.69, 9.17) is 0 Å². The van der Waals surface area contributed by atoms with Gasteiger partial charge in [0.2, 0.25) is 0 Å². The van der Waals surface area contributed by atoms with Gasteiger partial charge in [0.05, 0.1) is 6.20 Å².